The van der Waals surface area contributed by atoms with Crippen molar-refractivity contribution in [3.63, 3.8) is 0 Å². The first-order valence-corrected chi connectivity index (χ1v) is 2.64. The number of hydrogen-bond acceptors (Lipinski definition) is 3. The molecule has 0 spiro atoms. The molecule has 0 aromatic carbocycles. The van der Waals surface area contributed by atoms with Gasteiger partial charge in [-0.05, 0) is 6.92 Å². The van der Waals surface area contributed by atoms with E-state index in [9.17, 15) is 0 Å². The monoisotopic (exact) mass is 107 g/mol. The lowest BCUT2D eigenvalue weighted by molar-refractivity contribution is 0.188. The van der Waals surface area contributed by atoms with Crippen LogP contribution in [0.25, 0.3) is 0 Å². The summed E-state index contributed by atoms with van der Waals surface area (Å²) in [6, 6.07) is 0. The molecular formula is C3H9NOS. The van der Waals surface area contributed by atoms with E-state index in [-0.39, 0.29) is 5.44 Å². The van der Waals surface area contributed by atoms with Gasteiger partial charge in [-0.3, -0.25) is 5.14 Å². The van der Waals surface area contributed by atoms with Crippen LogP contribution < -0.4 is 5.14 Å². The van der Waals surface area contributed by atoms with Gasteiger partial charge in [-0.25, -0.2) is 0 Å². The molecule has 0 aliphatic carbocycles. The summed E-state index contributed by atoms with van der Waals surface area (Å²) < 4.78 is 4.74. The van der Waals surface area contributed by atoms with Gasteiger partial charge in [0.15, 0.2) is 0 Å². The Morgan fingerprint density at radius 2 is 2.33 bits per heavy atom. The minimum atomic E-state index is 0.130. The highest BCUT2D eigenvalue weighted by Gasteiger charge is 1.89. The smallest absolute Gasteiger partial charge is 0.113 e. The van der Waals surface area contributed by atoms with E-state index in [4.69, 9.17) is 9.88 Å². The molecule has 0 fully saturated rings. The molecular weight excluding hydrogens is 98.1 g/mol. The van der Waals surface area contributed by atoms with E-state index in [2.05, 4.69) is 0 Å². The fourth-order valence-electron chi connectivity index (χ4n) is 0.0556. The summed E-state index contributed by atoms with van der Waals surface area (Å²) in [6.07, 6.45) is 0. The molecule has 0 saturated heterocycles. The minimum absolute atomic E-state index is 0.130. The molecule has 1 unspecified atom stereocenters. The Labute approximate surface area is 42.2 Å². The van der Waals surface area contributed by atoms with Crippen molar-refractivity contribution >= 4 is 11.9 Å². The van der Waals surface area contributed by atoms with Crippen molar-refractivity contribution in [2.75, 3.05) is 7.11 Å². The molecule has 0 saturated carbocycles. The molecule has 38 valence electrons. The van der Waals surface area contributed by atoms with Gasteiger partial charge in [0.25, 0.3) is 0 Å². The maximum Gasteiger partial charge on any atom is 0.113 e. The number of nitrogens with two attached hydrogens (primary N) is 1. The van der Waals surface area contributed by atoms with Crippen molar-refractivity contribution in [2.45, 2.75) is 12.4 Å². The van der Waals surface area contributed by atoms with Crippen molar-refractivity contribution in [3.05, 3.63) is 0 Å². The maximum atomic E-state index is 5.07. The Morgan fingerprint density at radius 1 is 1.83 bits per heavy atom. The molecule has 2 nitrogen and oxygen atoms in total. The van der Waals surface area contributed by atoms with Gasteiger partial charge in [0.05, 0.1) is 0 Å². The molecule has 0 radical (unpaired) electrons. The first-order valence-electron chi connectivity index (χ1n) is 1.69. The molecule has 2 N–H and O–H groups in total. The van der Waals surface area contributed by atoms with Gasteiger partial charge in [-0.1, -0.05) is 11.9 Å². The second kappa shape index (κ2) is 3.46. The van der Waals surface area contributed by atoms with Crippen molar-refractivity contribution in [3.8, 4) is 0 Å². The Hall–Kier alpha value is 0.270. The predicted molar refractivity (Wildman–Crippen MR) is 28.2 cm³/mol. The Kier molecular flexibility index (Phi) is 3.62. The zero-order valence-electron chi connectivity index (χ0n) is 3.97. The molecule has 3 heteroatoms. The molecule has 0 amide bonds. The number of rotatable bonds is 2. The SMILES string of the molecule is COC(C)SN. The van der Waals surface area contributed by atoms with E-state index in [1.54, 1.807) is 7.11 Å². The predicted octanol–water partition coefficient (Wildman–Crippen LogP) is 0.586. The zero-order valence-corrected chi connectivity index (χ0v) is 4.79. The lowest BCUT2D eigenvalue weighted by atomic mass is 10.9. The normalized spacial score (nSPS) is 14.5. The van der Waals surface area contributed by atoms with Crippen LogP contribution in [0.15, 0.2) is 0 Å². The summed E-state index contributed by atoms with van der Waals surface area (Å²) in [6.45, 7) is 1.89. The van der Waals surface area contributed by atoms with Crippen molar-refractivity contribution in [2.24, 2.45) is 5.14 Å². The second-order valence-electron chi connectivity index (χ2n) is 0.939. The molecule has 0 heterocycles. The largest absolute Gasteiger partial charge is 0.370 e. The van der Waals surface area contributed by atoms with Crippen LogP contribution in [-0.4, -0.2) is 12.5 Å². The molecule has 0 bridgehead atoms. The lowest BCUT2D eigenvalue weighted by Gasteiger charge is -2.00. The highest BCUT2D eigenvalue weighted by atomic mass is 32.2. The fraction of sp³-hybridized carbons (Fsp3) is 1.00. The summed E-state index contributed by atoms with van der Waals surface area (Å²) in [7, 11) is 1.63. The van der Waals surface area contributed by atoms with E-state index < -0.39 is 0 Å². The second-order valence-corrected chi connectivity index (χ2v) is 1.88. The molecule has 0 aliphatic heterocycles. The fourth-order valence-corrected chi connectivity index (χ4v) is 0.167. The molecule has 0 aromatic heterocycles. The average Bonchev–Trinajstić information content (AvgIpc) is 1.65. The quantitative estimate of drug-likeness (QED) is 0.414. The average molecular weight is 107 g/mol. The highest BCUT2D eigenvalue weighted by Crippen LogP contribution is 1.98. The zero-order chi connectivity index (χ0) is 4.99. The molecule has 0 aromatic rings. The first-order chi connectivity index (χ1) is 2.81. The van der Waals surface area contributed by atoms with Gasteiger partial charge in [-0.2, -0.15) is 0 Å². The minimum Gasteiger partial charge on any atom is -0.370 e. The maximum absolute atomic E-state index is 5.07. The van der Waals surface area contributed by atoms with Crippen LogP contribution >= 0.6 is 11.9 Å². The molecule has 0 aliphatic rings. The van der Waals surface area contributed by atoms with Crippen molar-refractivity contribution < 1.29 is 4.74 Å². The van der Waals surface area contributed by atoms with Crippen molar-refractivity contribution in [1.82, 2.24) is 0 Å². The van der Waals surface area contributed by atoms with Gasteiger partial charge >= 0.3 is 0 Å². The number of methoxy groups -OCH3 is 1. The first kappa shape index (κ1) is 6.27. The van der Waals surface area contributed by atoms with E-state index in [1.807, 2.05) is 6.92 Å². The van der Waals surface area contributed by atoms with Gasteiger partial charge in [0, 0.05) is 7.11 Å². The van der Waals surface area contributed by atoms with E-state index in [1.165, 1.54) is 11.9 Å². The lowest BCUT2D eigenvalue weighted by Crippen LogP contribution is -2.00. The Bertz CT molecular complexity index is 30.0. The molecule has 0 rings (SSSR count). The highest BCUT2D eigenvalue weighted by molar-refractivity contribution is 7.97. The Morgan fingerprint density at radius 3 is 2.33 bits per heavy atom. The van der Waals surface area contributed by atoms with Crippen LogP contribution in [0.1, 0.15) is 6.92 Å². The molecule has 1 atom stereocenters. The third-order valence-electron chi connectivity index (χ3n) is 0.524. The summed E-state index contributed by atoms with van der Waals surface area (Å²) in [5, 5.41) is 5.07. The van der Waals surface area contributed by atoms with Crippen LogP contribution in [0.4, 0.5) is 0 Å². The van der Waals surface area contributed by atoms with Crippen molar-refractivity contribution in [1.29, 1.82) is 0 Å². The van der Waals surface area contributed by atoms with Gasteiger partial charge in [0.2, 0.25) is 0 Å². The van der Waals surface area contributed by atoms with Crippen LogP contribution in [0, 0.1) is 0 Å². The van der Waals surface area contributed by atoms with Crippen LogP contribution in [-0.2, 0) is 4.74 Å². The summed E-state index contributed by atoms with van der Waals surface area (Å²) in [5.74, 6) is 0. The number of hydrogen-bond donors (Lipinski definition) is 1. The standard InChI is InChI=1S/C3H9NOS/c1-3(5-2)6-4/h3H,4H2,1-2H3. The third-order valence-corrected chi connectivity index (χ3v) is 1.10. The number of ether oxygens (including phenoxy) is 1. The Balaban J connectivity index is 2.75. The van der Waals surface area contributed by atoms with Gasteiger partial charge in [-0.15, -0.1) is 0 Å². The van der Waals surface area contributed by atoms with Crippen LogP contribution in [0.5, 0.6) is 0 Å². The third kappa shape index (κ3) is 2.50. The summed E-state index contributed by atoms with van der Waals surface area (Å²) in [4.78, 5) is 0. The van der Waals surface area contributed by atoms with E-state index in [0.717, 1.165) is 0 Å². The summed E-state index contributed by atoms with van der Waals surface area (Å²) >= 11 is 1.20. The van der Waals surface area contributed by atoms with E-state index in [0.29, 0.717) is 0 Å². The van der Waals surface area contributed by atoms with E-state index >= 15 is 0 Å². The van der Waals surface area contributed by atoms with Gasteiger partial charge in [0.1, 0.15) is 5.44 Å². The van der Waals surface area contributed by atoms with Crippen LogP contribution in [0.2, 0.25) is 0 Å². The summed E-state index contributed by atoms with van der Waals surface area (Å²) in [5.41, 5.74) is 0.130. The molecule has 6 heavy (non-hydrogen) atoms. The van der Waals surface area contributed by atoms with Gasteiger partial charge < -0.3 is 4.74 Å². The van der Waals surface area contributed by atoms with Crippen LogP contribution in [0.3, 0.4) is 0 Å². The topological polar surface area (TPSA) is 35.2 Å².